The van der Waals surface area contributed by atoms with E-state index in [2.05, 4.69) is 10.2 Å². The van der Waals surface area contributed by atoms with Gasteiger partial charge >= 0.3 is 0 Å². The molecule has 1 saturated carbocycles. The van der Waals surface area contributed by atoms with Crippen molar-refractivity contribution in [1.82, 2.24) is 10.2 Å². The molecule has 0 aromatic carbocycles. The van der Waals surface area contributed by atoms with Crippen LogP contribution in [0.2, 0.25) is 0 Å². The van der Waals surface area contributed by atoms with Crippen LogP contribution in [0.3, 0.4) is 0 Å². The minimum Gasteiger partial charge on any atom is -0.389 e. The van der Waals surface area contributed by atoms with E-state index in [1.807, 2.05) is 20.8 Å². The molecule has 2 aliphatic rings. The van der Waals surface area contributed by atoms with Gasteiger partial charge in [0.2, 0.25) is 0 Å². The van der Waals surface area contributed by atoms with Gasteiger partial charge in [0, 0.05) is 19.1 Å². The first-order valence-electron chi connectivity index (χ1n) is 7.71. The van der Waals surface area contributed by atoms with Gasteiger partial charge in [0.15, 0.2) is 0 Å². The van der Waals surface area contributed by atoms with Gasteiger partial charge in [-0.25, -0.2) is 0 Å². The molecule has 2 atom stereocenters. The van der Waals surface area contributed by atoms with Gasteiger partial charge in [-0.15, -0.1) is 0 Å². The quantitative estimate of drug-likeness (QED) is 0.730. The van der Waals surface area contributed by atoms with Crippen molar-refractivity contribution in [3.05, 3.63) is 0 Å². The molecule has 19 heavy (non-hydrogen) atoms. The molecule has 2 N–H and O–H groups in total. The fourth-order valence-corrected chi connectivity index (χ4v) is 2.66. The summed E-state index contributed by atoms with van der Waals surface area (Å²) in [6.45, 7) is 10.6. The van der Waals surface area contributed by atoms with Gasteiger partial charge in [-0.05, 0) is 59.0 Å². The van der Waals surface area contributed by atoms with E-state index in [1.54, 1.807) is 0 Å². The molecular formula is C15H30N2O2. The number of nitrogens with zero attached hydrogens (tertiary/aromatic N) is 1. The number of aliphatic hydroxyl groups excluding tert-OH is 1. The number of hydrogen-bond acceptors (Lipinski definition) is 4. The van der Waals surface area contributed by atoms with Crippen molar-refractivity contribution in [3.63, 3.8) is 0 Å². The monoisotopic (exact) mass is 270 g/mol. The molecule has 0 radical (unpaired) electrons. The summed E-state index contributed by atoms with van der Waals surface area (Å²) in [4.78, 5) is 2.63. The smallest absolute Gasteiger partial charge is 0.0897 e. The molecule has 0 bridgehead atoms. The van der Waals surface area contributed by atoms with Crippen molar-refractivity contribution in [2.24, 2.45) is 5.92 Å². The number of rotatable bonds is 7. The Morgan fingerprint density at radius 3 is 2.68 bits per heavy atom. The predicted octanol–water partition coefficient (Wildman–Crippen LogP) is 1.24. The molecule has 2 rings (SSSR count). The summed E-state index contributed by atoms with van der Waals surface area (Å²) in [5.74, 6) is 0.760. The second kappa shape index (κ2) is 6.53. The first-order valence-corrected chi connectivity index (χ1v) is 7.71. The van der Waals surface area contributed by atoms with Crippen molar-refractivity contribution in [2.75, 3.05) is 32.8 Å². The van der Waals surface area contributed by atoms with Crippen molar-refractivity contribution in [2.45, 2.75) is 57.8 Å². The Kier molecular flexibility index (Phi) is 5.23. The molecule has 0 aromatic rings. The van der Waals surface area contributed by atoms with Gasteiger partial charge in [-0.1, -0.05) is 0 Å². The lowest BCUT2D eigenvalue weighted by molar-refractivity contribution is -0.0479. The third kappa shape index (κ3) is 5.78. The van der Waals surface area contributed by atoms with Gasteiger partial charge < -0.3 is 20.1 Å². The average molecular weight is 270 g/mol. The number of aliphatic hydroxyl groups is 1. The lowest BCUT2D eigenvalue weighted by Crippen LogP contribution is -2.36. The molecule has 2 fully saturated rings. The first kappa shape index (κ1) is 15.2. The average Bonchev–Trinajstić information content (AvgIpc) is 3.07. The van der Waals surface area contributed by atoms with Gasteiger partial charge in [0.05, 0.1) is 18.3 Å². The van der Waals surface area contributed by atoms with E-state index >= 15 is 0 Å². The Hall–Kier alpha value is -0.160. The van der Waals surface area contributed by atoms with Crippen LogP contribution in [0, 0.1) is 5.92 Å². The molecule has 2 unspecified atom stereocenters. The maximum absolute atomic E-state index is 9.84. The van der Waals surface area contributed by atoms with Gasteiger partial charge in [-0.3, -0.25) is 0 Å². The molecule has 1 aliphatic carbocycles. The zero-order chi connectivity index (χ0) is 13.9. The Labute approximate surface area is 117 Å². The maximum atomic E-state index is 9.84. The summed E-state index contributed by atoms with van der Waals surface area (Å²) in [6, 6.07) is 0.899. The van der Waals surface area contributed by atoms with E-state index in [0.29, 0.717) is 13.2 Å². The lowest BCUT2D eigenvalue weighted by atomic mass is 10.1. The molecule has 0 spiro atoms. The van der Waals surface area contributed by atoms with E-state index < -0.39 is 6.10 Å². The highest BCUT2D eigenvalue weighted by molar-refractivity contribution is 4.89. The van der Waals surface area contributed by atoms with Gasteiger partial charge in [0.25, 0.3) is 0 Å². The van der Waals surface area contributed by atoms with E-state index in [1.165, 1.54) is 32.4 Å². The van der Waals surface area contributed by atoms with Crippen molar-refractivity contribution >= 4 is 0 Å². The normalized spacial score (nSPS) is 26.8. The van der Waals surface area contributed by atoms with Crippen LogP contribution < -0.4 is 5.32 Å². The summed E-state index contributed by atoms with van der Waals surface area (Å²) in [6.07, 6.45) is 3.71. The fourth-order valence-electron chi connectivity index (χ4n) is 2.66. The second-order valence-corrected chi connectivity index (χ2v) is 7.12. The first-order chi connectivity index (χ1) is 8.94. The highest BCUT2D eigenvalue weighted by Gasteiger charge is 2.34. The Morgan fingerprint density at radius 1 is 1.32 bits per heavy atom. The summed E-state index contributed by atoms with van der Waals surface area (Å²) < 4.78 is 5.57. The minimum absolute atomic E-state index is 0.169. The molecule has 1 aliphatic heterocycles. The van der Waals surface area contributed by atoms with Crippen molar-refractivity contribution in [1.29, 1.82) is 0 Å². The van der Waals surface area contributed by atoms with E-state index in [0.717, 1.165) is 18.5 Å². The summed E-state index contributed by atoms with van der Waals surface area (Å²) in [7, 11) is 0. The highest BCUT2D eigenvalue weighted by Crippen LogP contribution is 2.31. The van der Waals surface area contributed by atoms with Crippen molar-refractivity contribution < 1.29 is 9.84 Å². The van der Waals surface area contributed by atoms with Gasteiger partial charge in [-0.2, -0.15) is 0 Å². The van der Waals surface area contributed by atoms with Crippen LogP contribution in [0.4, 0.5) is 0 Å². The number of ether oxygens (including phenoxy) is 1. The van der Waals surface area contributed by atoms with Crippen LogP contribution in [0.1, 0.15) is 40.0 Å². The third-order valence-corrected chi connectivity index (χ3v) is 3.90. The number of likely N-dealkylation sites (tertiary alicyclic amines) is 1. The van der Waals surface area contributed by atoms with Crippen LogP contribution >= 0.6 is 0 Å². The Balaban J connectivity index is 1.51. The standard InChI is InChI=1S/C15H30N2O2/c1-15(2,3)19-11-14(18)9-16-8-12-6-7-17(10-12)13-4-5-13/h12-14,16,18H,4-11H2,1-3H3. The molecular weight excluding hydrogens is 240 g/mol. The highest BCUT2D eigenvalue weighted by atomic mass is 16.5. The number of hydrogen-bond donors (Lipinski definition) is 2. The van der Waals surface area contributed by atoms with Crippen LogP contribution in [0.15, 0.2) is 0 Å². The summed E-state index contributed by atoms with van der Waals surface area (Å²) in [5, 5.41) is 13.2. The molecule has 4 heteroatoms. The van der Waals surface area contributed by atoms with E-state index in [9.17, 15) is 5.11 Å². The van der Waals surface area contributed by atoms with Crippen molar-refractivity contribution in [3.8, 4) is 0 Å². The minimum atomic E-state index is -0.403. The zero-order valence-electron chi connectivity index (χ0n) is 12.7. The molecule has 1 saturated heterocycles. The topological polar surface area (TPSA) is 44.7 Å². The van der Waals surface area contributed by atoms with Crippen LogP contribution in [-0.4, -0.2) is 60.5 Å². The molecule has 112 valence electrons. The Bertz CT molecular complexity index is 274. The summed E-state index contributed by atoms with van der Waals surface area (Å²) >= 11 is 0. The van der Waals surface area contributed by atoms with Crippen LogP contribution in [-0.2, 0) is 4.74 Å². The zero-order valence-corrected chi connectivity index (χ0v) is 12.7. The molecule has 0 amide bonds. The van der Waals surface area contributed by atoms with E-state index in [-0.39, 0.29) is 5.60 Å². The Morgan fingerprint density at radius 2 is 2.05 bits per heavy atom. The maximum Gasteiger partial charge on any atom is 0.0897 e. The largest absolute Gasteiger partial charge is 0.389 e. The lowest BCUT2D eigenvalue weighted by Gasteiger charge is -2.22. The van der Waals surface area contributed by atoms with Crippen LogP contribution in [0.25, 0.3) is 0 Å². The number of nitrogens with one attached hydrogen (secondary N) is 1. The fraction of sp³-hybridized carbons (Fsp3) is 1.00. The second-order valence-electron chi connectivity index (χ2n) is 7.12. The predicted molar refractivity (Wildman–Crippen MR) is 77.3 cm³/mol. The van der Waals surface area contributed by atoms with Crippen LogP contribution in [0.5, 0.6) is 0 Å². The van der Waals surface area contributed by atoms with Gasteiger partial charge in [0.1, 0.15) is 0 Å². The molecule has 1 heterocycles. The molecule has 0 aromatic heterocycles. The third-order valence-electron chi connectivity index (χ3n) is 3.90. The molecule has 4 nitrogen and oxygen atoms in total. The SMILES string of the molecule is CC(C)(C)OCC(O)CNCC1CCN(C2CC2)C1. The summed E-state index contributed by atoms with van der Waals surface area (Å²) in [5.41, 5.74) is -0.169. The van der Waals surface area contributed by atoms with E-state index in [4.69, 9.17) is 4.74 Å².